The largest absolute Gasteiger partial charge is 0.490 e. The Morgan fingerprint density at radius 1 is 1.12 bits per heavy atom. The van der Waals surface area contributed by atoms with Crippen molar-refractivity contribution in [3.8, 4) is 5.75 Å². The normalized spacial score (nSPS) is 16.1. The van der Waals surface area contributed by atoms with E-state index in [1.165, 1.54) is 0 Å². The highest BCUT2D eigenvalue weighted by Crippen LogP contribution is 2.22. The van der Waals surface area contributed by atoms with Crippen molar-refractivity contribution < 1.29 is 19.1 Å². The summed E-state index contributed by atoms with van der Waals surface area (Å²) < 4.78 is 11.4. The second kappa shape index (κ2) is 8.49. The number of carbonyl (C=O) groups is 2. The highest BCUT2D eigenvalue weighted by molar-refractivity contribution is 6.06. The lowest BCUT2D eigenvalue weighted by molar-refractivity contribution is 0.0673. The predicted molar refractivity (Wildman–Crippen MR) is 98.7 cm³/mol. The first kappa shape index (κ1) is 17.9. The third-order valence-corrected chi connectivity index (χ3v) is 4.21. The van der Waals surface area contributed by atoms with Crippen LogP contribution in [0.4, 0.5) is 5.69 Å². The molecule has 136 valence electrons. The third kappa shape index (κ3) is 4.40. The quantitative estimate of drug-likeness (QED) is 0.836. The van der Waals surface area contributed by atoms with Crippen LogP contribution in [0.1, 0.15) is 33.6 Å². The molecule has 2 aromatic carbocycles. The molecule has 0 spiro atoms. The van der Waals surface area contributed by atoms with E-state index in [2.05, 4.69) is 10.6 Å². The molecule has 1 fully saturated rings. The lowest BCUT2D eigenvalue weighted by Crippen LogP contribution is -2.19. The van der Waals surface area contributed by atoms with Crippen molar-refractivity contribution in [1.82, 2.24) is 5.32 Å². The van der Waals surface area contributed by atoms with Crippen LogP contribution in [-0.2, 0) is 4.74 Å². The van der Waals surface area contributed by atoms with E-state index >= 15 is 0 Å². The van der Waals surface area contributed by atoms with Crippen LogP contribution in [0.2, 0.25) is 0 Å². The molecule has 6 nitrogen and oxygen atoms in total. The maximum atomic E-state index is 12.6. The number of amides is 2. The van der Waals surface area contributed by atoms with E-state index < -0.39 is 0 Å². The molecule has 0 radical (unpaired) electrons. The Labute approximate surface area is 152 Å². The average Bonchev–Trinajstić information content (AvgIpc) is 3.20. The standard InChI is InChI=1S/C20H22N2O4/c1-21-19(23)14-8-10-15(11-9-14)22-20(24)17-6-2-3-7-18(17)26-13-16-5-4-12-25-16/h2-3,6-11,16H,4-5,12-13H2,1H3,(H,21,23)(H,22,24). The number of para-hydroxylation sites is 1. The van der Waals surface area contributed by atoms with Crippen molar-refractivity contribution in [2.75, 3.05) is 25.6 Å². The summed E-state index contributed by atoms with van der Waals surface area (Å²) in [5, 5.41) is 5.39. The van der Waals surface area contributed by atoms with Crippen LogP contribution in [0.3, 0.4) is 0 Å². The van der Waals surface area contributed by atoms with Crippen molar-refractivity contribution in [3.63, 3.8) is 0 Å². The molecule has 0 aromatic heterocycles. The van der Waals surface area contributed by atoms with Gasteiger partial charge in [-0.1, -0.05) is 12.1 Å². The number of benzene rings is 2. The van der Waals surface area contributed by atoms with Gasteiger partial charge >= 0.3 is 0 Å². The SMILES string of the molecule is CNC(=O)c1ccc(NC(=O)c2ccccc2OCC2CCCO2)cc1. The number of ether oxygens (including phenoxy) is 2. The fourth-order valence-electron chi connectivity index (χ4n) is 2.79. The zero-order chi connectivity index (χ0) is 18.4. The second-order valence-corrected chi connectivity index (χ2v) is 6.05. The molecule has 1 atom stereocenters. The van der Waals surface area contributed by atoms with Crippen molar-refractivity contribution in [1.29, 1.82) is 0 Å². The minimum absolute atomic E-state index is 0.0865. The summed E-state index contributed by atoms with van der Waals surface area (Å²) in [6.07, 6.45) is 2.11. The summed E-state index contributed by atoms with van der Waals surface area (Å²) >= 11 is 0. The van der Waals surface area contributed by atoms with Crippen LogP contribution < -0.4 is 15.4 Å². The maximum absolute atomic E-state index is 12.6. The van der Waals surface area contributed by atoms with Crippen LogP contribution >= 0.6 is 0 Å². The summed E-state index contributed by atoms with van der Waals surface area (Å²) in [5.74, 6) is 0.0962. The highest BCUT2D eigenvalue weighted by atomic mass is 16.5. The minimum atomic E-state index is -0.263. The van der Waals surface area contributed by atoms with Gasteiger partial charge in [0.1, 0.15) is 12.4 Å². The van der Waals surface area contributed by atoms with Gasteiger partial charge < -0.3 is 20.1 Å². The first-order chi connectivity index (χ1) is 12.7. The first-order valence-electron chi connectivity index (χ1n) is 8.64. The zero-order valence-electron chi connectivity index (χ0n) is 14.7. The topological polar surface area (TPSA) is 76.7 Å². The monoisotopic (exact) mass is 354 g/mol. The Morgan fingerprint density at radius 3 is 2.58 bits per heavy atom. The van der Waals surface area contributed by atoms with Gasteiger partial charge in [-0.2, -0.15) is 0 Å². The zero-order valence-corrected chi connectivity index (χ0v) is 14.7. The van der Waals surface area contributed by atoms with Gasteiger partial charge in [0.15, 0.2) is 0 Å². The summed E-state index contributed by atoms with van der Waals surface area (Å²) in [6, 6.07) is 13.8. The highest BCUT2D eigenvalue weighted by Gasteiger charge is 2.18. The molecule has 1 heterocycles. The van der Waals surface area contributed by atoms with E-state index in [-0.39, 0.29) is 17.9 Å². The molecule has 0 saturated carbocycles. The van der Waals surface area contributed by atoms with E-state index in [4.69, 9.17) is 9.47 Å². The molecular formula is C20H22N2O4. The third-order valence-electron chi connectivity index (χ3n) is 4.21. The summed E-state index contributed by atoms with van der Waals surface area (Å²) in [6.45, 7) is 1.20. The van der Waals surface area contributed by atoms with Gasteiger partial charge in [0, 0.05) is 24.9 Å². The van der Waals surface area contributed by atoms with Gasteiger partial charge in [0.25, 0.3) is 11.8 Å². The van der Waals surface area contributed by atoms with E-state index in [1.54, 1.807) is 49.5 Å². The molecule has 26 heavy (non-hydrogen) atoms. The Bertz CT molecular complexity index is 768. The van der Waals surface area contributed by atoms with Crippen LogP contribution in [-0.4, -0.2) is 38.2 Å². The first-order valence-corrected chi connectivity index (χ1v) is 8.64. The molecule has 0 aliphatic carbocycles. The van der Waals surface area contributed by atoms with E-state index in [9.17, 15) is 9.59 Å². The Balaban J connectivity index is 1.66. The summed E-state index contributed by atoms with van der Waals surface area (Å²) in [4.78, 5) is 24.2. The number of hydrogen-bond acceptors (Lipinski definition) is 4. The smallest absolute Gasteiger partial charge is 0.259 e. The molecular weight excluding hydrogens is 332 g/mol. The van der Waals surface area contributed by atoms with Gasteiger partial charge in [0.2, 0.25) is 0 Å². The molecule has 3 rings (SSSR count). The Morgan fingerprint density at radius 2 is 1.88 bits per heavy atom. The molecule has 2 aromatic rings. The number of anilines is 1. The number of hydrogen-bond donors (Lipinski definition) is 2. The summed E-state index contributed by atoms with van der Waals surface area (Å²) in [5.41, 5.74) is 1.60. The lowest BCUT2D eigenvalue weighted by atomic mass is 10.1. The Kier molecular flexibility index (Phi) is 5.86. The molecule has 1 aliphatic heterocycles. The molecule has 2 N–H and O–H groups in total. The van der Waals surface area contributed by atoms with Gasteiger partial charge in [-0.3, -0.25) is 9.59 Å². The van der Waals surface area contributed by atoms with Crippen molar-refractivity contribution in [2.24, 2.45) is 0 Å². The maximum Gasteiger partial charge on any atom is 0.259 e. The summed E-state index contributed by atoms with van der Waals surface area (Å²) in [7, 11) is 1.57. The van der Waals surface area contributed by atoms with Gasteiger partial charge in [-0.15, -0.1) is 0 Å². The fraction of sp³-hybridized carbons (Fsp3) is 0.300. The van der Waals surface area contributed by atoms with Crippen molar-refractivity contribution in [3.05, 3.63) is 59.7 Å². The van der Waals surface area contributed by atoms with E-state index in [0.717, 1.165) is 19.4 Å². The van der Waals surface area contributed by atoms with Crippen LogP contribution in [0.15, 0.2) is 48.5 Å². The molecule has 1 saturated heterocycles. The average molecular weight is 354 g/mol. The number of nitrogens with one attached hydrogen (secondary N) is 2. The Hall–Kier alpha value is -2.86. The van der Waals surface area contributed by atoms with Crippen LogP contribution in [0.5, 0.6) is 5.75 Å². The van der Waals surface area contributed by atoms with Crippen LogP contribution in [0, 0.1) is 0 Å². The van der Waals surface area contributed by atoms with Crippen LogP contribution in [0.25, 0.3) is 0 Å². The van der Waals surface area contributed by atoms with E-state index in [0.29, 0.717) is 29.2 Å². The minimum Gasteiger partial charge on any atom is -0.490 e. The second-order valence-electron chi connectivity index (χ2n) is 6.05. The fourth-order valence-corrected chi connectivity index (χ4v) is 2.79. The van der Waals surface area contributed by atoms with Crippen molar-refractivity contribution in [2.45, 2.75) is 18.9 Å². The molecule has 1 unspecified atom stereocenters. The van der Waals surface area contributed by atoms with Crippen molar-refractivity contribution >= 4 is 17.5 Å². The lowest BCUT2D eigenvalue weighted by Gasteiger charge is -2.14. The molecule has 0 bridgehead atoms. The number of rotatable bonds is 6. The van der Waals surface area contributed by atoms with Gasteiger partial charge in [0.05, 0.1) is 11.7 Å². The molecule has 2 amide bonds. The molecule has 1 aliphatic rings. The van der Waals surface area contributed by atoms with E-state index in [1.807, 2.05) is 6.07 Å². The van der Waals surface area contributed by atoms with Gasteiger partial charge in [-0.05, 0) is 49.2 Å². The molecule has 6 heteroatoms. The predicted octanol–water partition coefficient (Wildman–Crippen LogP) is 2.86. The van der Waals surface area contributed by atoms with Gasteiger partial charge in [-0.25, -0.2) is 0 Å². The number of carbonyl (C=O) groups excluding carboxylic acids is 2.